The third-order valence-corrected chi connectivity index (χ3v) is 5.07. The molecule has 0 saturated carbocycles. The van der Waals surface area contributed by atoms with Crippen molar-refractivity contribution in [2.75, 3.05) is 24.4 Å². The largest absolute Gasteiger partial charge is 0.493 e. The van der Waals surface area contributed by atoms with Gasteiger partial charge >= 0.3 is 0 Å². The first-order valence-electron chi connectivity index (χ1n) is 10.3. The summed E-state index contributed by atoms with van der Waals surface area (Å²) in [6, 6.07) is 22.7. The number of para-hydroxylation sites is 3. The van der Waals surface area contributed by atoms with Crippen LogP contribution in [0.4, 0.5) is 11.4 Å². The van der Waals surface area contributed by atoms with Crippen molar-refractivity contribution in [3.63, 3.8) is 0 Å². The number of ether oxygens (including phenoxy) is 2. The first kappa shape index (κ1) is 22.9. The van der Waals surface area contributed by atoms with Gasteiger partial charge in [0.2, 0.25) is 0 Å². The van der Waals surface area contributed by atoms with Crippen molar-refractivity contribution >= 4 is 34.8 Å². The molecule has 0 aliphatic carbocycles. The molecule has 0 spiro atoms. The van der Waals surface area contributed by atoms with Gasteiger partial charge in [0.1, 0.15) is 0 Å². The monoisotopic (exact) mass is 476 g/mol. The van der Waals surface area contributed by atoms with E-state index in [0.29, 0.717) is 33.6 Å². The summed E-state index contributed by atoms with van der Waals surface area (Å²) < 4.78 is 12.3. The van der Waals surface area contributed by atoms with Gasteiger partial charge in [-0.15, -0.1) is 0 Å². The minimum atomic E-state index is -0.395. The van der Waals surface area contributed by atoms with Crippen LogP contribution in [0.15, 0.2) is 85.1 Å². The highest BCUT2D eigenvalue weighted by Gasteiger charge is 2.13. The quantitative estimate of drug-likeness (QED) is 0.381. The second kappa shape index (κ2) is 10.5. The van der Waals surface area contributed by atoms with E-state index in [1.54, 1.807) is 66.9 Å². The Labute approximate surface area is 201 Å². The van der Waals surface area contributed by atoms with E-state index < -0.39 is 5.91 Å². The lowest BCUT2D eigenvalue weighted by molar-refractivity contribution is -0.118. The third kappa shape index (κ3) is 5.54. The van der Waals surface area contributed by atoms with Gasteiger partial charge < -0.3 is 20.1 Å². The molecule has 0 fully saturated rings. The molecule has 2 amide bonds. The molecule has 9 heteroatoms. The van der Waals surface area contributed by atoms with Gasteiger partial charge in [-0.05, 0) is 48.5 Å². The van der Waals surface area contributed by atoms with Crippen molar-refractivity contribution in [2.45, 2.75) is 0 Å². The molecule has 1 aromatic heterocycles. The maximum absolute atomic E-state index is 12.7. The second-order valence-corrected chi connectivity index (χ2v) is 7.53. The fraction of sp³-hybridized carbons (Fsp3) is 0.0800. The summed E-state index contributed by atoms with van der Waals surface area (Å²) in [6.45, 7) is -0.198. The fourth-order valence-electron chi connectivity index (χ4n) is 3.16. The summed E-state index contributed by atoms with van der Waals surface area (Å²) >= 11 is 6.20. The number of methoxy groups -OCH3 is 1. The summed E-state index contributed by atoms with van der Waals surface area (Å²) in [7, 11) is 1.53. The minimum Gasteiger partial charge on any atom is -0.493 e. The van der Waals surface area contributed by atoms with Gasteiger partial charge in [-0.2, -0.15) is 5.10 Å². The van der Waals surface area contributed by atoms with Crippen LogP contribution in [-0.2, 0) is 4.79 Å². The van der Waals surface area contributed by atoms with Crippen LogP contribution in [0.1, 0.15) is 10.5 Å². The molecule has 0 unspecified atom stereocenters. The predicted octanol–water partition coefficient (Wildman–Crippen LogP) is 4.80. The highest BCUT2D eigenvalue weighted by molar-refractivity contribution is 6.32. The lowest BCUT2D eigenvalue weighted by atomic mass is 10.2. The fourth-order valence-corrected chi connectivity index (χ4v) is 3.39. The molecule has 4 rings (SSSR count). The van der Waals surface area contributed by atoms with Gasteiger partial charge in [-0.25, -0.2) is 4.68 Å². The predicted molar refractivity (Wildman–Crippen MR) is 130 cm³/mol. The van der Waals surface area contributed by atoms with Crippen LogP contribution < -0.4 is 20.1 Å². The van der Waals surface area contributed by atoms with Crippen LogP contribution in [0, 0.1) is 0 Å². The topological polar surface area (TPSA) is 94.5 Å². The third-order valence-electron chi connectivity index (χ3n) is 4.75. The Morgan fingerprint density at radius 3 is 2.38 bits per heavy atom. The average molecular weight is 477 g/mol. The molecule has 4 aromatic rings. The van der Waals surface area contributed by atoms with Gasteiger partial charge in [0, 0.05) is 17.6 Å². The number of nitrogens with zero attached hydrogens (tertiary/aromatic N) is 2. The van der Waals surface area contributed by atoms with E-state index >= 15 is 0 Å². The van der Waals surface area contributed by atoms with E-state index in [1.165, 1.54) is 11.8 Å². The number of aromatic nitrogens is 2. The van der Waals surface area contributed by atoms with E-state index in [2.05, 4.69) is 15.7 Å². The Hall–Kier alpha value is -4.30. The number of carbonyl (C=O) groups excluding carboxylic acids is 2. The molecule has 34 heavy (non-hydrogen) atoms. The number of carbonyl (C=O) groups is 2. The van der Waals surface area contributed by atoms with Crippen LogP contribution in [0.25, 0.3) is 5.69 Å². The first-order chi connectivity index (χ1) is 16.5. The van der Waals surface area contributed by atoms with Crippen molar-refractivity contribution in [3.8, 4) is 17.2 Å². The van der Waals surface area contributed by atoms with Crippen molar-refractivity contribution in [3.05, 3.63) is 95.8 Å². The van der Waals surface area contributed by atoms with Crippen LogP contribution in [0.2, 0.25) is 5.02 Å². The molecule has 0 bridgehead atoms. The normalized spacial score (nSPS) is 10.4. The summed E-state index contributed by atoms with van der Waals surface area (Å²) in [4.78, 5) is 25.0. The first-order valence-corrected chi connectivity index (χ1v) is 10.7. The van der Waals surface area contributed by atoms with Crippen LogP contribution in [0.5, 0.6) is 11.5 Å². The minimum absolute atomic E-state index is 0.198. The number of benzene rings is 3. The van der Waals surface area contributed by atoms with Gasteiger partial charge in [-0.1, -0.05) is 41.9 Å². The SMILES string of the molecule is COc1ccccc1OCC(=O)Nc1cccc(NC(=O)c2ccn(-c3ccccc3Cl)n2)c1. The number of amides is 2. The van der Waals surface area contributed by atoms with E-state index in [-0.39, 0.29) is 18.2 Å². The molecule has 0 radical (unpaired) electrons. The Morgan fingerprint density at radius 1 is 0.912 bits per heavy atom. The molecule has 0 atom stereocenters. The summed E-state index contributed by atoms with van der Waals surface area (Å²) in [6.07, 6.45) is 1.66. The highest BCUT2D eigenvalue weighted by Crippen LogP contribution is 2.26. The number of nitrogens with one attached hydrogen (secondary N) is 2. The molecule has 172 valence electrons. The van der Waals surface area contributed by atoms with Gasteiger partial charge in [-0.3, -0.25) is 9.59 Å². The van der Waals surface area contributed by atoms with Crippen LogP contribution in [0.3, 0.4) is 0 Å². The Morgan fingerprint density at radius 2 is 1.62 bits per heavy atom. The van der Waals surface area contributed by atoms with Gasteiger partial charge in [0.25, 0.3) is 11.8 Å². The van der Waals surface area contributed by atoms with E-state index in [4.69, 9.17) is 21.1 Å². The zero-order valence-electron chi connectivity index (χ0n) is 18.2. The van der Waals surface area contributed by atoms with Gasteiger partial charge in [0.15, 0.2) is 23.8 Å². The number of anilines is 2. The highest BCUT2D eigenvalue weighted by atomic mass is 35.5. The summed E-state index contributed by atoms with van der Waals surface area (Å²) in [5.74, 6) is 0.260. The van der Waals surface area contributed by atoms with E-state index in [9.17, 15) is 9.59 Å². The molecule has 3 aromatic carbocycles. The van der Waals surface area contributed by atoms with E-state index in [1.807, 2.05) is 18.2 Å². The lowest BCUT2D eigenvalue weighted by Crippen LogP contribution is -2.20. The molecule has 8 nitrogen and oxygen atoms in total. The molecule has 0 aliphatic rings. The number of halogens is 1. The van der Waals surface area contributed by atoms with Crippen LogP contribution in [-0.4, -0.2) is 35.3 Å². The van der Waals surface area contributed by atoms with E-state index in [0.717, 1.165) is 0 Å². The smallest absolute Gasteiger partial charge is 0.276 e. The van der Waals surface area contributed by atoms with Crippen molar-refractivity contribution < 1.29 is 19.1 Å². The maximum atomic E-state index is 12.7. The standard InChI is InChI=1S/C25H21ClN4O4/c1-33-22-11-4-5-12-23(22)34-16-24(31)27-17-7-6-8-18(15-17)28-25(32)20-13-14-30(29-20)21-10-3-2-9-19(21)26/h2-15H,16H2,1H3,(H,27,31)(H,28,32). The average Bonchev–Trinajstić information content (AvgIpc) is 3.34. The molecular formula is C25H21ClN4O4. The van der Waals surface area contributed by atoms with Crippen molar-refractivity contribution in [2.24, 2.45) is 0 Å². The number of hydrogen-bond donors (Lipinski definition) is 2. The summed E-state index contributed by atoms with van der Waals surface area (Å²) in [5, 5.41) is 10.3. The zero-order valence-corrected chi connectivity index (χ0v) is 19.0. The second-order valence-electron chi connectivity index (χ2n) is 7.12. The number of hydrogen-bond acceptors (Lipinski definition) is 5. The van der Waals surface area contributed by atoms with Crippen molar-refractivity contribution in [1.29, 1.82) is 0 Å². The zero-order chi connectivity index (χ0) is 23.9. The molecule has 2 N–H and O–H groups in total. The Kier molecular flexibility index (Phi) is 7.10. The van der Waals surface area contributed by atoms with Gasteiger partial charge in [0.05, 0.1) is 17.8 Å². The molecule has 1 heterocycles. The molecule has 0 saturated heterocycles. The van der Waals surface area contributed by atoms with Crippen molar-refractivity contribution in [1.82, 2.24) is 9.78 Å². The molecular weight excluding hydrogens is 456 g/mol. The Bertz CT molecular complexity index is 1320. The van der Waals surface area contributed by atoms with Crippen LogP contribution >= 0.6 is 11.6 Å². The maximum Gasteiger partial charge on any atom is 0.276 e. The number of rotatable bonds is 8. The lowest BCUT2D eigenvalue weighted by Gasteiger charge is -2.11. The molecule has 0 aliphatic heterocycles. The summed E-state index contributed by atoms with van der Waals surface area (Å²) in [5.41, 5.74) is 1.90. The Balaban J connectivity index is 1.36.